The van der Waals surface area contributed by atoms with Crippen LogP contribution in [0.3, 0.4) is 0 Å². The maximum Gasteiger partial charge on any atom is 0.321 e. The van der Waals surface area contributed by atoms with Gasteiger partial charge >= 0.3 is 3.93 Å². The third-order valence-corrected chi connectivity index (χ3v) is 5.77. The molecule has 2 aromatic heterocycles. The number of nitrogens with zero attached hydrogens (tertiary/aromatic N) is 3. The molecule has 4 rings (SSSR count). The summed E-state index contributed by atoms with van der Waals surface area (Å²) in [5.41, 5.74) is 1.51. The Morgan fingerprint density at radius 1 is 1.27 bits per heavy atom. The number of fused-ring (bicyclic) bond motifs is 1. The molecule has 0 atom stereocenters. The second kappa shape index (κ2) is 6.88. The molecule has 26 heavy (non-hydrogen) atoms. The van der Waals surface area contributed by atoms with E-state index in [4.69, 9.17) is 0 Å². The third-order valence-electron chi connectivity index (χ3n) is 4.29. The lowest BCUT2D eigenvalue weighted by atomic mass is 10.1. The number of anilines is 2. The van der Waals surface area contributed by atoms with Crippen molar-refractivity contribution in [3.05, 3.63) is 46.8 Å². The second-order valence-corrected chi connectivity index (χ2v) is 8.71. The predicted octanol–water partition coefficient (Wildman–Crippen LogP) is 5.39. The van der Waals surface area contributed by atoms with Gasteiger partial charge in [0, 0.05) is 47.8 Å². The number of thiophene rings is 1. The lowest BCUT2D eigenvalue weighted by molar-refractivity contribution is 0.126. The van der Waals surface area contributed by atoms with Gasteiger partial charge in [-0.2, -0.15) is 13.8 Å². The first-order valence-electron chi connectivity index (χ1n) is 8.30. The van der Waals surface area contributed by atoms with Gasteiger partial charge in [0.1, 0.15) is 0 Å². The van der Waals surface area contributed by atoms with Crippen molar-refractivity contribution in [2.75, 3.05) is 17.3 Å². The standard InChI is InChI=1S/C18H17F2IN4S/c1-25(10-11-4-2-3-5-13(11)18(19,20)21)16-15-14(8-9-26-15)23-17(24-16)22-12-6-7-12/h2-5,8-9,12H,6-7,10H2,1H3,(H,22,23,24). The van der Waals surface area contributed by atoms with E-state index in [1.165, 1.54) is 28.7 Å². The highest BCUT2D eigenvalue weighted by atomic mass is 127. The number of alkyl halides is 3. The third kappa shape index (κ3) is 3.75. The van der Waals surface area contributed by atoms with Gasteiger partial charge in [-0.15, -0.1) is 11.3 Å². The summed E-state index contributed by atoms with van der Waals surface area (Å²) in [4.78, 5) is 11.1. The van der Waals surface area contributed by atoms with Gasteiger partial charge in [0.15, 0.2) is 5.82 Å². The van der Waals surface area contributed by atoms with Crippen LogP contribution >= 0.6 is 33.9 Å². The molecule has 0 radical (unpaired) electrons. The number of rotatable bonds is 6. The average molecular weight is 486 g/mol. The molecule has 1 aliphatic carbocycles. The summed E-state index contributed by atoms with van der Waals surface area (Å²) in [5.74, 6) is 1.37. The van der Waals surface area contributed by atoms with Crippen LogP contribution in [0.2, 0.25) is 0 Å². The molecular formula is C18H17F2IN4S. The SMILES string of the molecule is CN(Cc1ccccc1C(F)(F)I)c1nc(NC2CC2)nc2ccsc12. The normalized spacial score (nSPS) is 14.6. The van der Waals surface area contributed by atoms with Crippen molar-refractivity contribution < 1.29 is 8.78 Å². The van der Waals surface area contributed by atoms with Crippen molar-refractivity contribution in [3.8, 4) is 0 Å². The summed E-state index contributed by atoms with van der Waals surface area (Å²) in [5, 5.41) is 5.30. The number of hydrogen-bond donors (Lipinski definition) is 1. The smallest absolute Gasteiger partial charge is 0.321 e. The Kier molecular flexibility index (Phi) is 4.72. The zero-order valence-electron chi connectivity index (χ0n) is 14.0. The largest absolute Gasteiger partial charge is 0.354 e. The predicted molar refractivity (Wildman–Crippen MR) is 111 cm³/mol. The Bertz CT molecular complexity index is 936. The highest BCUT2D eigenvalue weighted by Crippen LogP contribution is 2.38. The van der Waals surface area contributed by atoms with Crippen molar-refractivity contribution in [3.63, 3.8) is 0 Å². The molecule has 0 aliphatic heterocycles. The minimum atomic E-state index is -2.90. The fourth-order valence-electron chi connectivity index (χ4n) is 2.85. The van der Waals surface area contributed by atoms with Gasteiger partial charge in [0.2, 0.25) is 5.95 Å². The first-order chi connectivity index (χ1) is 12.4. The molecule has 8 heteroatoms. The Labute approximate surface area is 167 Å². The number of aromatic nitrogens is 2. The van der Waals surface area contributed by atoms with Gasteiger partial charge in [0.05, 0.1) is 10.2 Å². The number of halogens is 3. The molecule has 0 amide bonds. The van der Waals surface area contributed by atoms with E-state index < -0.39 is 3.93 Å². The highest BCUT2D eigenvalue weighted by Gasteiger charge is 2.30. The zero-order chi connectivity index (χ0) is 18.3. The Morgan fingerprint density at radius 3 is 2.77 bits per heavy atom. The monoisotopic (exact) mass is 486 g/mol. The molecule has 1 fully saturated rings. The first-order valence-corrected chi connectivity index (χ1v) is 10.3. The van der Waals surface area contributed by atoms with Crippen molar-refractivity contribution in [1.82, 2.24) is 9.97 Å². The summed E-state index contributed by atoms with van der Waals surface area (Å²) in [6.07, 6.45) is 2.27. The summed E-state index contributed by atoms with van der Waals surface area (Å²) in [7, 11) is 1.88. The average Bonchev–Trinajstić information content (AvgIpc) is 3.27. The summed E-state index contributed by atoms with van der Waals surface area (Å²) in [6.45, 7) is 0.349. The molecule has 0 spiro atoms. The van der Waals surface area contributed by atoms with Crippen molar-refractivity contribution in [1.29, 1.82) is 0 Å². The van der Waals surface area contributed by atoms with E-state index in [0.29, 0.717) is 24.1 Å². The van der Waals surface area contributed by atoms with Gasteiger partial charge in [-0.1, -0.05) is 24.3 Å². The van der Waals surface area contributed by atoms with E-state index in [-0.39, 0.29) is 5.56 Å². The molecule has 3 aromatic rings. The quantitative estimate of drug-likeness (QED) is 0.375. The van der Waals surface area contributed by atoms with Gasteiger partial charge < -0.3 is 10.2 Å². The lowest BCUT2D eigenvalue weighted by Gasteiger charge is -2.22. The summed E-state index contributed by atoms with van der Waals surface area (Å²) in [6, 6.07) is 9.07. The van der Waals surface area contributed by atoms with E-state index in [0.717, 1.165) is 28.9 Å². The van der Waals surface area contributed by atoms with Crippen LogP contribution in [0.25, 0.3) is 10.2 Å². The molecule has 136 valence electrons. The lowest BCUT2D eigenvalue weighted by Crippen LogP contribution is -2.21. The van der Waals surface area contributed by atoms with Crippen LogP contribution in [0.4, 0.5) is 20.5 Å². The van der Waals surface area contributed by atoms with E-state index in [1.54, 1.807) is 29.5 Å². The van der Waals surface area contributed by atoms with Gasteiger partial charge in [-0.25, -0.2) is 4.98 Å². The Morgan fingerprint density at radius 2 is 2.04 bits per heavy atom. The van der Waals surface area contributed by atoms with Crippen molar-refractivity contribution in [2.24, 2.45) is 0 Å². The van der Waals surface area contributed by atoms with Crippen LogP contribution < -0.4 is 10.2 Å². The first kappa shape index (κ1) is 17.8. The fraction of sp³-hybridized carbons (Fsp3) is 0.333. The zero-order valence-corrected chi connectivity index (χ0v) is 17.0. The maximum atomic E-state index is 13.9. The molecule has 1 aromatic carbocycles. The van der Waals surface area contributed by atoms with Gasteiger partial charge in [0.25, 0.3) is 0 Å². The minimum Gasteiger partial charge on any atom is -0.354 e. The molecular weight excluding hydrogens is 469 g/mol. The summed E-state index contributed by atoms with van der Waals surface area (Å²) < 4.78 is 25.9. The van der Waals surface area contributed by atoms with Crippen LogP contribution in [0, 0.1) is 0 Å². The molecule has 0 unspecified atom stereocenters. The van der Waals surface area contributed by atoms with E-state index >= 15 is 0 Å². The molecule has 0 bridgehead atoms. The highest BCUT2D eigenvalue weighted by molar-refractivity contribution is 14.1. The van der Waals surface area contributed by atoms with Crippen molar-refractivity contribution >= 4 is 55.9 Å². The van der Waals surface area contributed by atoms with Crippen LogP contribution in [-0.4, -0.2) is 23.1 Å². The Hall–Kier alpha value is -1.55. The molecule has 1 saturated carbocycles. The van der Waals surface area contributed by atoms with Crippen LogP contribution in [-0.2, 0) is 10.5 Å². The Balaban J connectivity index is 1.68. The van der Waals surface area contributed by atoms with Crippen LogP contribution in [0.15, 0.2) is 35.7 Å². The summed E-state index contributed by atoms with van der Waals surface area (Å²) >= 11 is 2.74. The van der Waals surface area contributed by atoms with Crippen LogP contribution in [0.1, 0.15) is 24.0 Å². The van der Waals surface area contributed by atoms with E-state index in [2.05, 4.69) is 15.3 Å². The van der Waals surface area contributed by atoms with Crippen LogP contribution in [0.5, 0.6) is 0 Å². The van der Waals surface area contributed by atoms with Gasteiger partial charge in [-0.05, 0) is 29.9 Å². The molecule has 2 heterocycles. The fourth-order valence-corrected chi connectivity index (χ4v) is 4.25. The minimum absolute atomic E-state index is 0.0419. The topological polar surface area (TPSA) is 41.1 Å². The maximum absolute atomic E-state index is 13.9. The molecule has 4 nitrogen and oxygen atoms in total. The molecule has 0 saturated heterocycles. The van der Waals surface area contributed by atoms with Crippen molar-refractivity contribution in [2.45, 2.75) is 29.4 Å². The number of benzene rings is 1. The number of hydrogen-bond acceptors (Lipinski definition) is 5. The molecule has 1 aliphatic rings. The van der Waals surface area contributed by atoms with E-state index in [1.807, 2.05) is 23.4 Å². The van der Waals surface area contributed by atoms with E-state index in [9.17, 15) is 8.78 Å². The van der Waals surface area contributed by atoms with Gasteiger partial charge in [-0.3, -0.25) is 0 Å². The molecule has 1 N–H and O–H groups in total. The second-order valence-electron chi connectivity index (χ2n) is 6.44. The number of nitrogens with one attached hydrogen (secondary N) is 1.